The van der Waals surface area contributed by atoms with Gasteiger partial charge in [0.25, 0.3) is 0 Å². The van der Waals surface area contributed by atoms with Crippen molar-refractivity contribution in [3.05, 3.63) is 35.9 Å². The van der Waals surface area contributed by atoms with Crippen molar-refractivity contribution in [3.63, 3.8) is 0 Å². The fourth-order valence-corrected chi connectivity index (χ4v) is 3.60. The topological polar surface area (TPSA) is 29.3 Å². The molecule has 0 amide bonds. The first-order valence-corrected chi connectivity index (χ1v) is 6.71. The third-order valence-corrected chi connectivity index (χ3v) is 4.83. The molecule has 2 fully saturated rings. The molecule has 1 saturated heterocycles. The minimum Gasteiger partial charge on any atom is -0.325 e. The van der Waals surface area contributed by atoms with Gasteiger partial charge < -0.3 is 5.73 Å². The number of benzene rings is 1. The molecule has 1 aliphatic carbocycles. The Kier molecular flexibility index (Phi) is 2.72. The highest BCUT2D eigenvalue weighted by Gasteiger charge is 2.47. The maximum absolute atomic E-state index is 6.46. The number of rotatable bonds is 2. The summed E-state index contributed by atoms with van der Waals surface area (Å²) in [5, 5.41) is 0. The third-order valence-electron chi connectivity index (χ3n) is 4.83. The Labute approximate surface area is 104 Å². The van der Waals surface area contributed by atoms with Gasteiger partial charge in [-0.05, 0) is 37.2 Å². The van der Waals surface area contributed by atoms with E-state index in [9.17, 15) is 0 Å². The molecular weight excluding hydrogens is 208 g/mol. The van der Waals surface area contributed by atoms with Gasteiger partial charge in [0, 0.05) is 25.2 Å². The predicted molar refractivity (Wildman–Crippen MR) is 70.5 cm³/mol. The molecule has 3 atom stereocenters. The van der Waals surface area contributed by atoms with Crippen LogP contribution >= 0.6 is 0 Å². The van der Waals surface area contributed by atoms with Gasteiger partial charge in [0.15, 0.2) is 0 Å². The molecule has 1 aliphatic heterocycles. The van der Waals surface area contributed by atoms with Gasteiger partial charge in [-0.2, -0.15) is 0 Å². The van der Waals surface area contributed by atoms with E-state index in [0.29, 0.717) is 11.8 Å². The quantitative estimate of drug-likeness (QED) is 0.844. The van der Waals surface area contributed by atoms with E-state index < -0.39 is 0 Å². The molecule has 2 aliphatic rings. The first kappa shape index (κ1) is 11.2. The molecule has 0 radical (unpaired) electrons. The lowest BCUT2D eigenvalue weighted by molar-refractivity contribution is 0.0895. The van der Waals surface area contributed by atoms with E-state index in [4.69, 9.17) is 5.73 Å². The second-order valence-electron chi connectivity index (χ2n) is 6.02. The molecule has 1 aromatic rings. The Morgan fingerprint density at radius 1 is 1.18 bits per heavy atom. The smallest absolute Gasteiger partial charge is 0.0233 e. The van der Waals surface area contributed by atoms with Crippen molar-refractivity contribution in [2.45, 2.75) is 31.8 Å². The van der Waals surface area contributed by atoms with Crippen LogP contribution in [0.3, 0.4) is 0 Å². The summed E-state index contributed by atoms with van der Waals surface area (Å²) < 4.78 is 0. The Balaban J connectivity index is 1.69. The summed E-state index contributed by atoms with van der Waals surface area (Å²) in [6.07, 6.45) is 2.64. The lowest BCUT2D eigenvalue weighted by Crippen LogP contribution is -2.57. The molecule has 3 rings (SSSR count). The van der Waals surface area contributed by atoms with Crippen molar-refractivity contribution in [1.29, 1.82) is 0 Å². The zero-order valence-corrected chi connectivity index (χ0v) is 10.6. The fraction of sp³-hybridized carbons (Fsp3) is 0.600. The normalized spacial score (nSPS) is 37.3. The SMILES string of the molecule is CC1(N)[C@@H]2CC[C@H]1CN(Cc1ccccc1)C2. The van der Waals surface area contributed by atoms with Crippen LogP contribution in [0.5, 0.6) is 0 Å². The van der Waals surface area contributed by atoms with E-state index in [1.54, 1.807) is 0 Å². The molecule has 1 saturated carbocycles. The van der Waals surface area contributed by atoms with Crippen LogP contribution in [-0.2, 0) is 6.54 Å². The number of piperidine rings is 1. The van der Waals surface area contributed by atoms with E-state index in [0.717, 1.165) is 6.54 Å². The van der Waals surface area contributed by atoms with Crippen molar-refractivity contribution >= 4 is 0 Å². The van der Waals surface area contributed by atoms with E-state index >= 15 is 0 Å². The summed E-state index contributed by atoms with van der Waals surface area (Å²) in [4.78, 5) is 2.59. The van der Waals surface area contributed by atoms with E-state index in [2.05, 4.69) is 42.2 Å². The zero-order chi connectivity index (χ0) is 11.9. The molecule has 2 N–H and O–H groups in total. The second kappa shape index (κ2) is 4.11. The third kappa shape index (κ3) is 2.00. The van der Waals surface area contributed by atoms with Gasteiger partial charge in [0.1, 0.15) is 0 Å². The Morgan fingerprint density at radius 3 is 2.35 bits per heavy atom. The Morgan fingerprint density at radius 2 is 1.76 bits per heavy atom. The number of nitrogens with zero attached hydrogens (tertiary/aromatic N) is 1. The molecule has 2 nitrogen and oxygen atoms in total. The van der Waals surface area contributed by atoms with E-state index in [1.807, 2.05) is 0 Å². The van der Waals surface area contributed by atoms with Crippen molar-refractivity contribution in [2.75, 3.05) is 13.1 Å². The van der Waals surface area contributed by atoms with Crippen LogP contribution < -0.4 is 5.73 Å². The van der Waals surface area contributed by atoms with Crippen molar-refractivity contribution < 1.29 is 0 Å². The standard InChI is InChI=1S/C15H22N2/c1-15(16)13-7-8-14(15)11-17(10-13)9-12-5-3-2-4-6-12/h2-6,13-14H,7-11,16H2,1H3/t13-,14+,15?. The van der Waals surface area contributed by atoms with Crippen molar-refractivity contribution in [2.24, 2.45) is 17.6 Å². The fourth-order valence-electron chi connectivity index (χ4n) is 3.60. The summed E-state index contributed by atoms with van der Waals surface area (Å²) >= 11 is 0. The lowest BCUT2D eigenvalue weighted by Gasteiger charge is -2.43. The first-order valence-electron chi connectivity index (χ1n) is 6.71. The molecular formula is C15H22N2. The van der Waals surface area contributed by atoms with Crippen LogP contribution in [0, 0.1) is 11.8 Å². The lowest BCUT2D eigenvalue weighted by atomic mass is 9.79. The van der Waals surface area contributed by atoms with Gasteiger partial charge in [-0.25, -0.2) is 0 Å². The monoisotopic (exact) mass is 230 g/mol. The van der Waals surface area contributed by atoms with Crippen LogP contribution in [0.15, 0.2) is 30.3 Å². The predicted octanol–water partition coefficient (Wildman–Crippen LogP) is 2.25. The minimum absolute atomic E-state index is 0.0905. The average molecular weight is 230 g/mol. The van der Waals surface area contributed by atoms with Gasteiger partial charge in [0.2, 0.25) is 0 Å². The summed E-state index contributed by atoms with van der Waals surface area (Å²) in [6, 6.07) is 10.8. The van der Waals surface area contributed by atoms with Crippen LogP contribution in [0.25, 0.3) is 0 Å². The maximum atomic E-state index is 6.46. The summed E-state index contributed by atoms with van der Waals surface area (Å²) in [6.45, 7) is 5.70. The first-order chi connectivity index (χ1) is 8.16. The van der Waals surface area contributed by atoms with E-state index in [-0.39, 0.29) is 5.54 Å². The van der Waals surface area contributed by atoms with Crippen LogP contribution in [-0.4, -0.2) is 23.5 Å². The highest BCUT2D eigenvalue weighted by atomic mass is 15.2. The van der Waals surface area contributed by atoms with Crippen molar-refractivity contribution in [1.82, 2.24) is 4.90 Å². The Bertz CT molecular complexity index is 369. The molecule has 0 spiro atoms. The summed E-state index contributed by atoms with van der Waals surface area (Å²) in [7, 11) is 0. The van der Waals surface area contributed by atoms with Crippen molar-refractivity contribution in [3.8, 4) is 0 Å². The van der Waals surface area contributed by atoms with Crippen LogP contribution in [0.1, 0.15) is 25.3 Å². The van der Waals surface area contributed by atoms with Crippen LogP contribution in [0.4, 0.5) is 0 Å². The minimum atomic E-state index is 0.0905. The zero-order valence-electron chi connectivity index (χ0n) is 10.6. The number of nitrogens with two attached hydrogens (primary N) is 1. The summed E-state index contributed by atoms with van der Waals surface area (Å²) in [5.41, 5.74) is 7.97. The number of likely N-dealkylation sites (tertiary alicyclic amines) is 1. The highest BCUT2D eigenvalue weighted by molar-refractivity contribution is 5.15. The molecule has 2 heteroatoms. The van der Waals surface area contributed by atoms with Gasteiger partial charge >= 0.3 is 0 Å². The van der Waals surface area contributed by atoms with Gasteiger partial charge in [-0.15, -0.1) is 0 Å². The molecule has 0 aromatic heterocycles. The molecule has 17 heavy (non-hydrogen) atoms. The molecule has 2 bridgehead atoms. The summed E-state index contributed by atoms with van der Waals surface area (Å²) in [5.74, 6) is 1.40. The highest BCUT2D eigenvalue weighted by Crippen LogP contribution is 2.43. The van der Waals surface area contributed by atoms with Gasteiger partial charge in [0.05, 0.1) is 0 Å². The maximum Gasteiger partial charge on any atom is 0.0233 e. The van der Waals surface area contributed by atoms with E-state index in [1.165, 1.54) is 31.5 Å². The molecule has 1 aromatic carbocycles. The van der Waals surface area contributed by atoms with Crippen LogP contribution in [0.2, 0.25) is 0 Å². The average Bonchev–Trinajstić information content (AvgIpc) is 2.53. The van der Waals surface area contributed by atoms with Gasteiger partial charge in [-0.1, -0.05) is 30.3 Å². The number of hydrogen-bond donors (Lipinski definition) is 1. The molecule has 92 valence electrons. The second-order valence-corrected chi connectivity index (χ2v) is 6.02. The largest absolute Gasteiger partial charge is 0.325 e. The Hall–Kier alpha value is -0.860. The number of hydrogen-bond acceptors (Lipinski definition) is 2. The number of fused-ring (bicyclic) bond motifs is 2. The molecule has 1 unspecified atom stereocenters. The molecule has 1 heterocycles. The van der Waals surface area contributed by atoms with Gasteiger partial charge in [-0.3, -0.25) is 4.90 Å².